The third-order valence-corrected chi connectivity index (χ3v) is 8.79. The number of aliphatic hydroxyl groups excluding tert-OH is 2. The Balaban J connectivity index is -0.000000747. The number of ether oxygens (including phenoxy) is 2. The van der Waals surface area contributed by atoms with Crippen LogP contribution in [0.15, 0.2) is 37.0 Å². The van der Waals surface area contributed by atoms with Crippen molar-refractivity contribution in [3.8, 4) is 0 Å². The summed E-state index contributed by atoms with van der Waals surface area (Å²) < 4.78 is 10.9. The maximum atomic E-state index is 12.5. The van der Waals surface area contributed by atoms with Gasteiger partial charge in [-0.2, -0.15) is 0 Å². The summed E-state index contributed by atoms with van der Waals surface area (Å²) in [5.41, 5.74) is 1.15. The van der Waals surface area contributed by atoms with Crippen molar-refractivity contribution in [3.05, 3.63) is 37.0 Å². The monoisotopic (exact) mass is 742 g/mol. The third-order valence-electron chi connectivity index (χ3n) is 8.79. The molecule has 0 aromatic heterocycles. The van der Waals surface area contributed by atoms with Crippen LogP contribution in [0.4, 0.5) is 0 Å². The molecule has 0 bridgehead atoms. The predicted octanol–water partition coefficient (Wildman–Crippen LogP) is 3.46. The maximum Gasteiger partial charge on any atom is 0.242 e. The highest BCUT2D eigenvalue weighted by Gasteiger charge is 2.37. The zero-order valence-corrected chi connectivity index (χ0v) is 34.4. The summed E-state index contributed by atoms with van der Waals surface area (Å²) >= 11 is 0. The van der Waals surface area contributed by atoms with Gasteiger partial charge in [-0.25, -0.2) is 0 Å². The summed E-state index contributed by atoms with van der Waals surface area (Å²) in [4.78, 5) is 50.7. The number of methoxy groups -OCH3 is 2. The first-order valence-electron chi connectivity index (χ1n) is 18.6. The van der Waals surface area contributed by atoms with Gasteiger partial charge in [0.05, 0.1) is 49.5 Å². The van der Waals surface area contributed by atoms with E-state index in [0.29, 0.717) is 0 Å². The summed E-state index contributed by atoms with van der Waals surface area (Å²) in [7, 11) is 6.55. The van der Waals surface area contributed by atoms with E-state index in [1.54, 1.807) is 57.2 Å². The highest BCUT2D eigenvalue weighted by molar-refractivity contribution is 5.87. The summed E-state index contributed by atoms with van der Waals surface area (Å²) in [6.45, 7) is 23.6. The number of nitrogens with zero attached hydrogens (tertiary/aromatic N) is 2. The molecule has 0 saturated carbocycles. The molecule has 5 N–H and O–H groups in total. The smallest absolute Gasteiger partial charge is 0.242 e. The van der Waals surface area contributed by atoms with Gasteiger partial charge in [-0.05, 0) is 46.1 Å². The molecular formula is C39H75N5O8. The van der Waals surface area contributed by atoms with E-state index in [1.165, 1.54) is 13.3 Å². The summed E-state index contributed by atoms with van der Waals surface area (Å²) in [6, 6.07) is -0.829. The Kier molecular flexibility index (Phi) is 33.3. The molecule has 0 spiro atoms. The van der Waals surface area contributed by atoms with Crippen LogP contribution >= 0.6 is 0 Å². The van der Waals surface area contributed by atoms with Crippen molar-refractivity contribution >= 4 is 24.1 Å². The van der Waals surface area contributed by atoms with Crippen LogP contribution in [0.2, 0.25) is 0 Å². The number of carbonyl (C=O) groups is 4. The van der Waals surface area contributed by atoms with Crippen molar-refractivity contribution in [1.29, 1.82) is 0 Å². The van der Waals surface area contributed by atoms with Gasteiger partial charge < -0.3 is 45.4 Å². The zero-order valence-electron chi connectivity index (χ0n) is 34.4. The van der Waals surface area contributed by atoms with Gasteiger partial charge in [-0.1, -0.05) is 91.3 Å². The Labute approximate surface area is 315 Å². The number of hydrogen-bond donors (Lipinski definition) is 5. The van der Waals surface area contributed by atoms with E-state index in [0.717, 1.165) is 44.2 Å². The molecule has 1 saturated heterocycles. The molecule has 52 heavy (non-hydrogen) atoms. The molecule has 13 nitrogen and oxygen atoms in total. The van der Waals surface area contributed by atoms with Crippen LogP contribution in [0, 0.1) is 11.8 Å². The number of rotatable bonds is 20. The van der Waals surface area contributed by atoms with Crippen LogP contribution in [0.25, 0.3) is 0 Å². The third kappa shape index (κ3) is 20.8. The molecule has 1 heterocycles. The SMILES string of the molecule is C=C/C=C(/C)C=C.CCC.CCC(C)C(C(CC)OC)N(C)C(=O)CNC(=O)C(NC)C(C)O.COC(C(C)C(=O)NCCO)C1CCCN1C=O. The average Bonchev–Trinajstić information content (AvgIpc) is 3.61. The molecule has 0 aromatic rings. The van der Waals surface area contributed by atoms with Crippen molar-refractivity contribution in [2.75, 3.05) is 54.6 Å². The highest BCUT2D eigenvalue weighted by atomic mass is 16.5. The fourth-order valence-electron chi connectivity index (χ4n) is 5.68. The van der Waals surface area contributed by atoms with Gasteiger partial charge in [-0.3, -0.25) is 19.2 Å². The van der Waals surface area contributed by atoms with Crippen LogP contribution in [-0.2, 0) is 28.7 Å². The van der Waals surface area contributed by atoms with E-state index < -0.39 is 18.1 Å². The normalized spacial score (nSPS) is 17.7. The van der Waals surface area contributed by atoms with E-state index in [-0.39, 0.29) is 67.6 Å². The topological polar surface area (TPSA) is 170 Å². The van der Waals surface area contributed by atoms with Gasteiger partial charge in [0.2, 0.25) is 24.1 Å². The molecule has 1 aliphatic heterocycles. The lowest BCUT2D eigenvalue weighted by Crippen LogP contribution is -2.54. The predicted molar refractivity (Wildman–Crippen MR) is 211 cm³/mol. The fraction of sp³-hybridized carbons (Fsp3) is 0.744. The zero-order chi connectivity index (χ0) is 40.8. The molecule has 4 amide bonds. The molecule has 0 radical (unpaired) electrons. The van der Waals surface area contributed by atoms with Gasteiger partial charge in [0, 0.05) is 34.4 Å². The Morgan fingerprint density at radius 3 is 2.00 bits per heavy atom. The van der Waals surface area contributed by atoms with Gasteiger partial charge in [0.1, 0.15) is 6.04 Å². The minimum Gasteiger partial charge on any atom is -0.395 e. The molecule has 304 valence electrons. The van der Waals surface area contributed by atoms with Crippen LogP contribution in [0.1, 0.15) is 87.5 Å². The molecule has 1 rings (SSSR count). The van der Waals surface area contributed by atoms with Crippen LogP contribution in [0.3, 0.4) is 0 Å². The Morgan fingerprint density at radius 2 is 1.62 bits per heavy atom. The summed E-state index contributed by atoms with van der Waals surface area (Å²) in [6.07, 6.45) is 9.85. The number of allylic oxidation sites excluding steroid dienone is 4. The minimum absolute atomic E-state index is 0.0395. The van der Waals surface area contributed by atoms with Crippen LogP contribution < -0.4 is 16.0 Å². The van der Waals surface area contributed by atoms with Gasteiger partial charge >= 0.3 is 0 Å². The fourth-order valence-corrected chi connectivity index (χ4v) is 5.68. The minimum atomic E-state index is -0.839. The molecule has 13 heteroatoms. The van der Waals surface area contributed by atoms with Gasteiger partial charge in [0.25, 0.3) is 0 Å². The van der Waals surface area contributed by atoms with Crippen molar-refractivity contribution in [3.63, 3.8) is 0 Å². The van der Waals surface area contributed by atoms with Crippen molar-refractivity contribution in [2.45, 2.75) is 124 Å². The number of hydrogen-bond acceptors (Lipinski definition) is 9. The number of carbonyl (C=O) groups excluding carboxylic acids is 4. The van der Waals surface area contributed by atoms with E-state index in [2.05, 4.69) is 56.8 Å². The van der Waals surface area contributed by atoms with E-state index in [1.807, 2.05) is 19.9 Å². The number of aliphatic hydroxyl groups is 2. The van der Waals surface area contributed by atoms with Gasteiger partial charge in [0.15, 0.2) is 0 Å². The lowest BCUT2D eigenvalue weighted by atomic mass is 9.91. The second-order valence-electron chi connectivity index (χ2n) is 12.9. The quantitative estimate of drug-likeness (QED) is 0.0927. The number of amides is 4. The van der Waals surface area contributed by atoms with Crippen molar-refractivity contribution < 1.29 is 38.9 Å². The Hall–Kier alpha value is -3.10. The molecule has 8 unspecified atom stereocenters. The molecule has 8 atom stereocenters. The standard InChI is InChI=1S/C17H35N3O4.C12H22N2O4.C7H10.C3H8/c1-8-11(3)16(13(9-2)24-7)20(6)14(22)10-19-17(23)15(18-5)12(4)21;1-9(12(17)13-5-7-15)11(18-2)10-4-3-6-14(10)8-16;1-4-6-7(3)5-2;1-3-2/h11-13,15-16,18,21H,8-10H2,1-7H3,(H,19,23);8-11,15H,3-7H2,1-2H3,(H,13,17);4-6H,1-2H2,3H3;3H2,1-2H3/b;;7-6-;. The highest BCUT2D eigenvalue weighted by Crippen LogP contribution is 2.25. The average molecular weight is 742 g/mol. The largest absolute Gasteiger partial charge is 0.395 e. The number of likely N-dealkylation sites (tertiary alicyclic amines) is 1. The lowest BCUT2D eigenvalue weighted by Gasteiger charge is -2.37. The summed E-state index contributed by atoms with van der Waals surface area (Å²) in [5, 5.41) is 26.2. The van der Waals surface area contributed by atoms with Crippen LogP contribution in [-0.4, -0.2) is 135 Å². The Bertz CT molecular complexity index is 1020. The maximum absolute atomic E-state index is 12.5. The van der Waals surface area contributed by atoms with Crippen LogP contribution in [0.5, 0.6) is 0 Å². The molecule has 1 aliphatic rings. The van der Waals surface area contributed by atoms with E-state index in [9.17, 15) is 24.3 Å². The molecular weight excluding hydrogens is 666 g/mol. The van der Waals surface area contributed by atoms with E-state index >= 15 is 0 Å². The summed E-state index contributed by atoms with van der Waals surface area (Å²) in [5.74, 6) is -0.805. The molecule has 1 fully saturated rings. The first kappa shape index (κ1) is 53.3. The van der Waals surface area contributed by atoms with Crippen molar-refractivity contribution in [2.24, 2.45) is 11.8 Å². The number of nitrogens with one attached hydrogen (secondary N) is 3. The van der Waals surface area contributed by atoms with Gasteiger partial charge in [-0.15, -0.1) is 0 Å². The first-order chi connectivity index (χ1) is 24.6. The molecule has 0 aliphatic carbocycles. The second-order valence-corrected chi connectivity index (χ2v) is 12.9. The number of likely N-dealkylation sites (N-methyl/N-ethyl adjacent to an activating group) is 2. The Morgan fingerprint density at radius 1 is 1.02 bits per heavy atom. The van der Waals surface area contributed by atoms with E-state index in [4.69, 9.17) is 14.6 Å². The van der Waals surface area contributed by atoms with Crippen molar-refractivity contribution in [1.82, 2.24) is 25.8 Å². The molecule has 0 aromatic carbocycles. The lowest BCUT2D eigenvalue weighted by molar-refractivity contribution is -0.138. The first-order valence-corrected chi connectivity index (χ1v) is 18.6. The second kappa shape index (κ2) is 32.5.